The Balaban J connectivity index is 1.99. The maximum absolute atomic E-state index is 5.76. The molecule has 0 saturated carbocycles. The van der Waals surface area contributed by atoms with Gasteiger partial charge in [0.1, 0.15) is 11.8 Å². The fourth-order valence-corrected chi connectivity index (χ4v) is 1.95. The maximum Gasteiger partial charge on any atom is 0.165 e. The van der Waals surface area contributed by atoms with Crippen LogP contribution in [0, 0.1) is 0 Å². The number of fused-ring (bicyclic) bond motifs is 1. The first-order valence-electron chi connectivity index (χ1n) is 5.83. The summed E-state index contributed by atoms with van der Waals surface area (Å²) in [5.41, 5.74) is 14.6. The number of nitrogens with zero attached hydrogens (tertiary/aromatic N) is 5. The molecule has 7 nitrogen and oxygen atoms in total. The van der Waals surface area contributed by atoms with E-state index in [1.54, 1.807) is 12.5 Å². The van der Waals surface area contributed by atoms with Gasteiger partial charge in [0, 0.05) is 12.7 Å². The molecule has 0 spiro atoms. The molecule has 96 valence electrons. The largest absolute Gasteiger partial charge is 0.382 e. The molecule has 0 unspecified atom stereocenters. The zero-order valence-electron chi connectivity index (χ0n) is 10.2. The zero-order chi connectivity index (χ0) is 13.2. The Morgan fingerprint density at radius 3 is 2.89 bits per heavy atom. The Hall–Kier alpha value is -2.54. The summed E-state index contributed by atoms with van der Waals surface area (Å²) in [5, 5.41) is 0. The van der Waals surface area contributed by atoms with E-state index < -0.39 is 0 Å². The molecule has 0 amide bonds. The van der Waals surface area contributed by atoms with Crippen LogP contribution in [0.1, 0.15) is 11.3 Å². The van der Waals surface area contributed by atoms with Crippen molar-refractivity contribution < 1.29 is 0 Å². The monoisotopic (exact) mass is 255 g/mol. The van der Waals surface area contributed by atoms with Crippen LogP contribution in [0.15, 0.2) is 31.0 Å². The standard InChI is InChI=1S/C12H13N7/c13-4-9-3-8(1-2-15-9)5-19-7-18-10-11(14)16-6-17-12(10)19/h1-3,6-7H,4-5,13H2,(H2,14,16,17). The molecule has 3 aromatic rings. The smallest absolute Gasteiger partial charge is 0.165 e. The topological polar surface area (TPSA) is 109 Å². The number of nitrogens with two attached hydrogens (primary N) is 2. The highest BCUT2D eigenvalue weighted by atomic mass is 15.1. The van der Waals surface area contributed by atoms with Crippen molar-refractivity contribution in [3.63, 3.8) is 0 Å². The third kappa shape index (κ3) is 2.11. The van der Waals surface area contributed by atoms with E-state index in [-0.39, 0.29) is 0 Å². The van der Waals surface area contributed by atoms with Crippen LogP contribution >= 0.6 is 0 Å². The highest BCUT2D eigenvalue weighted by Crippen LogP contribution is 2.15. The van der Waals surface area contributed by atoms with Crippen LogP contribution in [0.5, 0.6) is 0 Å². The second-order valence-electron chi connectivity index (χ2n) is 4.16. The van der Waals surface area contributed by atoms with Crippen LogP contribution in [0.25, 0.3) is 11.2 Å². The number of hydrogen-bond donors (Lipinski definition) is 2. The minimum Gasteiger partial charge on any atom is -0.382 e. The lowest BCUT2D eigenvalue weighted by Crippen LogP contribution is -2.04. The average molecular weight is 255 g/mol. The molecular weight excluding hydrogens is 242 g/mol. The van der Waals surface area contributed by atoms with Crippen LogP contribution in [0.2, 0.25) is 0 Å². The van der Waals surface area contributed by atoms with Crippen molar-refractivity contribution in [1.29, 1.82) is 0 Å². The SMILES string of the molecule is NCc1cc(Cn2cnc3c(N)ncnc32)ccn1. The fraction of sp³-hybridized carbons (Fsp3) is 0.167. The Labute approximate surface area is 109 Å². The van der Waals surface area contributed by atoms with Crippen molar-refractivity contribution in [2.45, 2.75) is 13.1 Å². The first kappa shape index (κ1) is 11.5. The van der Waals surface area contributed by atoms with E-state index >= 15 is 0 Å². The number of pyridine rings is 1. The van der Waals surface area contributed by atoms with Gasteiger partial charge in [-0.25, -0.2) is 15.0 Å². The van der Waals surface area contributed by atoms with Gasteiger partial charge in [0.25, 0.3) is 0 Å². The molecule has 3 heterocycles. The molecule has 0 bridgehead atoms. The normalized spacial score (nSPS) is 11.0. The van der Waals surface area contributed by atoms with Crippen molar-refractivity contribution in [2.24, 2.45) is 5.73 Å². The minimum absolute atomic E-state index is 0.390. The van der Waals surface area contributed by atoms with Crippen molar-refractivity contribution >= 4 is 17.0 Å². The molecular formula is C12H13N7. The second-order valence-corrected chi connectivity index (χ2v) is 4.16. The first-order valence-corrected chi connectivity index (χ1v) is 5.83. The second kappa shape index (κ2) is 4.62. The van der Waals surface area contributed by atoms with E-state index in [4.69, 9.17) is 11.5 Å². The van der Waals surface area contributed by atoms with Gasteiger partial charge < -0.3 is 16.0 Å². The Morgan fingerprint density at radius 1 is 1.16 bits per heavy atom. The molecule has 3 rings (SSSR count). The number of rotatable bonds is 3. The molecule has 0 saturated heterocycles. The molecule has 4 N–H and O–H groups in total. The van der Waals surface area contributed by atoms with E-state index in [0.717, 1.165) is 16.9 Å². The molecule has 0 aliphatic rings. The molecule has 0 fully saturated rings. The summed E-state index contributed by atoms with van der Waals surface area (Å²) in [6, 6.07) is 3.91. The molecule has 0 radical (unpaired) electrons. The van der Waals surface area contributed by atoms with Crippen LogP contribution in [0.4, 0.5) is 5.82 Å². The number of hydrogen-bond acceptors (Lipinski definition) is 6. The summed E-state index contributed by atoms with van der Waals surface area (Å²) < 4.78 is 1.92. The molecule has 3 aromatic heterocycles. The summed E-state index contributed by atoms with van der Waals surface area (Å²) in [6.45, 7) is 1.07. The van der Waals surface area contributed by atoms with Crippen LogP contribution in [-0.4, -0.2) is 24.5 Å². The van der Waals surface area contributed by atoms with Crippen molar-refractivity contribution in [3.8, 4) is 0 Å². The van der Waals surface area contributed by atoms with E-state index in [9.17, 15) is 0 Å². The lowest BCUT2D eigenvalue weighted by molar-refractivity contribution is 0.806. The van der Waals surface area contributed by atoms with Crippen LogP contribution in [0.3, 0.4) is 0 Å². The predicted octanol–water partition coefficient (Wildman–Crippen LogP) is 0.310. The number of aromatic nitrogens is 5. The molecule has 7 heteroatoms. The quantitative estimate of drug-likeness (QED) is 0.697. The van der Waals surface area contributed by atoms with Gasteiger partial charge in [0.05, 0.1) is 18.6 Å². The van der Waals surface area contributed by atoms with E-state index in [1.165, 1.54) is 6.33 Å². The number of anilines is 1. The van der Waals surface area contributed by atoms with Crippen molar-refractivity contribution in [3.05, 3.63) is 42.2 Å². The molecule has 0 aliphatic carbocycles. The summed E-state index contributed by atoms with van der Waals surface area (Å²) in [7, 11) is 0. The molecule has 0 atom stereocenters. The third-order valence-electron chi connectivity index (χ3n) is 2.87. The minimum atomic E-state index is 0.390. The highest BCUT2D eigenvalue weighted by Gasteiger charge is 2.08. The molecule has 0 aromatic carbocycles. The fourth-order valence-electron chi connectivity index (χ4n) is 1.95. The maximum atomic E-state index is 5.76. The van der Waals surface area contributed by atoms with E-state index in [2.05, 4.69) is 19.9 Å². The lowest BCUT2D eigenvalue weighted by atomic mass is 10.2. The van der Waals surface area contributed by atoms with Gasteiger partial charge >= 0.3 is 0 Å². The van der Waals surface area contributed by atoms with Gasteiger partial charge in [-0.2, -0.15) is 0 Å². The third-order valence-corrected chi connectivity index (χ3v) is 2.87. The Morgan fingerprint density at radius 2 is 2.05 bits per heavy atom. The Bertz CT molecular complexity index is 719. The van der Waals surface area contributed by atoms with Gasteiger partial charge in [-0.1, -0.05) is 0 Å². The summed E-state index contributed by atoms with van der Waals surface area (Å²) >= 11 is 0. The van der Waals surface area contributed by atoms with Gasteiger partial charge in [0.2, 0.25) is 0 Å². The zero-order valence-corrected chi connectivity index (χ0v) is 10.2. The van der Waals surface area contributed by atoms with Crippen LogP contribution in [-0.2, 0) is 13.1 Å². The average Bonchev–Trinajstić information content (AvgIpc) is 2.84. The van der Waals surface area contributed by atoms with Gasteiger partial charge in [-0.05, 0) is 17.7 Å². The van der Waals surface area contributed by atoms with E-state index in [0.29, 0.717) is 24.4 Å². The molecule has 0 aliphatic heterocycles. The lowest BCUT2D eigenvalue weighted by Gasteiger charge is -2.05. The number of imidazole rings is 1. The van der Waals surface area contributed by atoms with Gasteiger partial charge in [-0.3, -0.25) is 4.98 Å². The van der Waals surface area contributed by atoms with Crippen molar-refractivity contribution in [1.82, 2.24) is 24.5 Å². The summed E-state index contributed by atoms with van der Waals surface area (Å²) in [5.74, 6) is 0.390. The summed E-state index contributed by atoms with van der Waals surface area (Å²) in [6.07, 6.45) is 4.89. The van der Waals surface area contributed by atoms with E-state index in [1.807, 2.05) is 16.7 Å². The van der Waals surface area contributed by atoms with Gasteiger partial charge in [-0.15, -0.1) is 0 Å². The summed E-state index contributed by atoms with van der Waals surface area (Å²) in [4.78, 5) is 16.5. The Kier molecular flexibility index (Phi) is 2.81. The number of nitrogen functional groups attached to an aromatic ring is 1. The first-order chi connectivity index (χ1) is 9.28. The predicted molar refractivity (Wildman–Crippen MR) is 71.0 cm³/mol. The van der Waals surface area contributed by atoms with Gasteiger partial charge in [0.15, 0.2) is 11.5 Å². The molecule has 19 heavy (non-hydrogen) atoms. The van der Waals surface area contributed by atoms with Crippen LogP contribution < -0.4 is 11.5 Å². The van der Waals surface area contributed by atoms with Crippen molar-refractivity contribution in [2.75, 3.05) is 5.73 Å². The highest BCUT2D eigenvalue weighted by molar-refractivity contribution is 5.81.